The van der Waals surface area contributed by atoms with E-state index in [1.165, 1.54) is 6.20 Å². The molecule has 30 heavy (non-hydrogen) atoms. The maximum absolute atomic E-state index is 12.9. The lowest BCUT2D eigenvalue weighted by Gasteiger charge is -2.23. The molecule has 0 saturated carbocycles. The molecule has 0 unspecified atom stereocenters. The molecule has 4 rings (SSSR count). The van der Waals surface area contributed by atoms with E-state index in [0.29, 0.717) is 10.5 Å². The van der Waals surface area contributed by atoms with Crippen LogP contribution in [0.2, 0.25) is 0 Å². The molecule has 10 heteroatoms. The van der Waals surface area contributed by atoms with Crippen molar-refractivity contribution in [1.82, 2.24) is 19.9 Å². The molecule has 1 amide bonds. The fourth-order valence-electron chi connectivity index (χ4n) is 3.69. The Kier molecular flexibility index (Phi) is 6.56. The fourth-order valence-corrected chi connectivity index (χ4v) is 4.98. The van der Waals surface area contributed by atoms with Gasteiger partial charge in [0.1, 0.15) is 11.2 Å². The van der Waals surface area contributed by atoms with Crippen molar-refractivity contribution in [2.24, 2.45) is 4.36 Å². The van der Waals surface area contributed by atoms with Crippen LogP contribution in [0.1, 0.15) is 40.4 Å². The number of rotatable bonds is 3. The molecule has 2 aromatic heterocycles. The number of aryl methyl sites for hydroxylation is 1. The van der Waals surface area contributed by atoms with Crippen molar-refractivity contribution < 1.29 is 9.35 Å². The molecule has 1 saturated heterocycles. The minimum atomic E-state index is -3.00. The van der Waals surface area contributed by atoms with Crippen molar-refractivity contribution in [3.05, 3.63) is 63.7 Å². The molecule has 1 fully saturated rings. The largest absolute Gasteiger partial charge is 0.340 e. The van der Waals surface area contributed by atoms with Gasteiger partial charge in [0.15, 0.2) is 0 Å². The summed E-state index contributed by atoms with van der Waals surface area (Å²) in [7, 11) is -3.00. The van der Waals surface area contributed by atoms with E-state index in [1.54, 1.807) is 29.0 Å². The Balaban J connectivity index is 0.00000256. The number of hydrogen-bond donors (Lipinski definition) is 4. The SMILES string of the molecule is Cc1ccc([SH](C)(O)=NC(=O)c2cnn3c(C4CCNCC4)cc(=O)[nH]c23)cc1.Cl. The number of aromatic nitrogens is 3. The van der Waals surface area contributed by atoms with E-state index in [0.717, 1.165) is 37.2 Å². The maximum Gasteiger partial charge on any atom is 0.288 e. The molecule has 0 radical (unpaired) electrons. The lowest BCUT2D eigenvalue weighted by molar-refractivity contribution is 0.101. The number of nitrogens with zero attached hydrogens (tertiary/aromatic N) is 3. The van der Waals surface area contributed by atoms with Crippen LogP contribution in [0.15, 0.2) is 50.6 Å². The number of aromatic amines is 1. The van der Waals surface area contributed by atoms with E-state index in [-0.39, 0.29) is 29.4 Å². The van der Waals surface area contributed by atoms with Crippen LogP contribution >= 0.6 is 12.4 Å². The Labute approximate surface area is 181 Å². The summed E-state index contributed by atoms with van der Waals surface area (Å²) in [6.07, 6.45) is 4.79. The smallest absolute Gasteiger partial charge is 0.288 e. The predicted molar refractivity (Wildman–Crippen MR) is 121 cm³/mol. The van der Waals surface area contributed by atoms with Crippen LogP contribution in [0.4, 0.5) is 0 Å². The molecular formula is C20H26ClN5O3S. The monoisotopic (exact) mass is 451 g/mol. The summed E-state index contributed by atoms with van der Waals surface area (Å²) in [5.74, 6) is -0.388. The van der Waals surface area contributed by atoms with Gasteiger partial charge in [0.2, 0.25) is 0 Å². The molecule has 1 aliphatic heterocycles. The van der Waals surface area contributed by atoms with Gasteiger partial charge in [-0.25, -0.2) is 4.52 Å². The molecular weight excluding hydrogens is 426 g/mol. The second kappa shape index (κ2) is 8.81. The van der Waals surface area contributed by atoms with Gasteiger partial charge >= 0.3 is 0 Å². The van der Waals surface area contributed by atoms with Gasteiger partial charge in [0.25, 0.3) is 11.5 Å². The van der Waals surface area contributed by atoms with Gasteiger partial charge in [-0.15, -0.1) is 12.4 Å². The van der Waals surface area contributed by atoms with Crippen LogP contribution in [0.25, 0.3) is 5.65 Å². The Hall–Kier alpha value is -2.33. The molecule has 0 aliphatic carbocycles. The number of carbonyl (C=O) groups is 1. The third kappa shape index (κ3) is 4.39. The van der Waals surface area contributed by atoms with Gasteiger partial charge in [0.05, 0.1) is 11.9 Å². The molecule has 1 aromatic carbocycles. The molecule has 8 nitrogen and oxygen atoms in total. The molecule has 3 heterocycles. The Bertz CT molecular complexity index is 1170. The summed E-state index contributed by atoms with van der Waals surface area (Å²) in [6, 6.07) is 8.88. The number of halogens is 1. The zero-order valence-electron chi connectivity index (χ0n) is 16.8. The zero-order valence-corrected chi connectivity index (χ0v) is 18.5. The number of H-pyrrole nitrogens is 1. The minimum absolute atomic E-state index is 0. The second-order valence-corrected chi connectivity index (χ2v) is 10.1. The number of benzene rings is 1. The maximum atomic E-state index is 12.9. The standard InChI is InChI=1S/C20H25N5O3S.ClH/c1-13-3-5-15(6-4-13)29(2,28)24-20(27)16-12-22-25-17(11-18(26)23-19(16)25)14-7-9-21-10-8-14;/h3-6,11-12,14,21,29H,7-10H2,1-2H3,(H,23,26)(H,24,27,28);1H. The molecule has 0 bridgehead atoms. The third-order valence-corrected chi connectivity index (χ3v) is 7.18. The predicted octanol–water partition coefficient (Wildman–Crippen LogP) is 2.59. The van der Waals surface area contributed by atoms with Gasteiger partial charge in [-0.05, 0) is 51.2 Å². The van der Waals surface area contributed by atoms with Crippen LogP contribution < -0.4 is 10.9 Å². The van der Waals surface area contributed by atoms with Gasteiger partial charge in [-0.1, -0.05) is 27.8 Å². The van der Waals surface area contributed by atoms with Gasteiger partial charge < -0.3 is 14.9 Å². The van der Waals surface area contributed by atoms with Crippen LogP contribution in [-0.4, -0.2) is 44.4 Å². The zero-order chi connectivity index (χ0) is 20.6. The summed E-state index contributed by atoms with van der Waals surface area (Å²) >= 11 is 0. The first kappa shape index (κ1) is 22.4. The van der Waals surface area contributed by atoms with Crippen LogP contribution in [0.5, 0.6) is 0 Å². The Morgan fingerprint density at radius 2 is 1.93 bits per heavy atom. The summed E-state index contributed by atoms with van der Waals surface area (Å²) in [6.45, 7) is 3.71. The molecule has 3 N–H and O–H groups in total. The first-order valence-corrected chi connectivity index (χ1v) is 11.7. The molecule has 0 atom stereocenters. The molecule has 0 spiro atoms. The Morgan fingerprint density at radius 3 is 2.60 bits per heavy atom. The number of hydrogen-bond acceptors (Lipinski definition) is 4. The average molecular weight is 452 g/mol. The van der Waals surface area contributed by atoms with Crippen molar-refractivity contribution >= 4 is 34.1 Å². The van der Waals surface area contributed by atoms with E-state index in [9.17, 15) is 14.1 Å². The van der Waals surface area contributed by atoms with Crippen molar-refractivity contribution in [2.75, 3.05) is 19.3 Å². The highest BCUT2D eigenvalue weighted by molar-refractivity contribution is 7.99. The van der Waals surface area contributed by atoms with Gasteiger partial charge in [0, 0.05) is 16.9 Å². The number of piperidine rings is 1. The van der Waals surface area contributed by atoms with Crippen LogP contribution in [-0.2, 0) is 10.1 Å². The van der Waals surface area contributed by atoms with Crippen molar-refractivity contribution in [1.29, 1.82) is 0 Å². The highest BCUT2D eigenvalue weighted by Gasteiger charge is 2.22. The van der Waals surface area contributed by atoms with Crippen LogP contribution in [0.3, 0.4) is 0 Å². The van der Waals surface area contributed by atoms with Crippen LogP contribution in [0, 0.1) is 6.92 Å². The van der Waals surface area contributed by atoms with E-state index >= 15 is 0 Å². The minimum Gasteiger partial charge on any atom is -0.340 e. The molecule has 3 aromatic rings. The number of carbonyl (C=O) groups excluding carboxylic acids is 1. The van der Waals surface area contributed by atoms with Gasteiger partial charge in [-0.2, -0.15) is 9.46 Å². The molecule has 162 valence electrons. The highest BCUT2D eigenvalue weighted by atomic mass is 35.5. The van der Waals surface area contributed by atoms with Crippen molar-refractivity contribution in [3.8, 4) is 0 Å². The van der Waals surface area contributed by atoms with Crippen molar-refractivity contribution in [2.45, 2.75) is 30.6 Å². The topological polar surface area (TPSA) is 112 Å². The van der Waals surface area contributed by atoms with E-state index in [1.807, 2.05) is 19.1 Å². The number of nitrogens with one attached hydrogen (secondary N) is 2. The van der Waals surface area contributed by atoms with Crippen molar-refractivity contribution in [3.63, 3.8) is 0 Å². The normalized spacial score (nSPS) is 15.6. The number of fused-ring (bicyclic) bond motifs is 1. The number of amides is 1. The number of thiol groups is 1. The summed E-state index contributed by atoms with van der Waals surface area (Å²) < 4.78 is 16.6. The Morgan fingerprint density at radius 1 is 1.27 bits per heavy atom. The second-order valence-electron chi connectivity index (χ2n) is 7.56. The summed E-state index contributed by atoms with van der Waals surface area (Å²) in [5, 5.41) is 7.65. The lowest BCUT2D eigenvalue weighted by Crippen LogP contribution is -2.28. The average Bonchev–Trinajstić information content (AvgIpc) is 3.12. The van der Waals surface area contributed by atoms with E-state index < -0.39 is 16.0 Å². The third-order valence-electron chi connectivity index (χ3n) is 5.33. The first-order chi connectivity index (χ1) is 13.8. The quantitative estimate of drug-likeness (QED) is 0.457. The fraction of sp³-hybridized carbons (Fsp3) is 0.350. The summed E-state index contributed by atoms with van der Waals surface area (Å²) in [5.41, 5.74) is 2.09. The summed E-state index contributed by atoms with van der Waals surface area (Å²) in [4.78, 5) is 28.5. The highest BCUT2D eigenvalue weighted by Crippen LogP contribution is 2.25. The first-order valence-electron chi connectivity index (χ1n) is 9.61. The van der Waals surface area contributed by atoms with Gasteiger partial charge in [-0.3, -0.25) is 9.59 Å². The van der Waals surface area contributed by atoms with E-state index in [4.69, 9.17) is 0 Å². The molecule has 1 aliphatic rings. The van der Waals surface area contributed by atoms with E-state index in [2.05, 4.69) is 19.8 Å². The lowest BCUT2D eigenvalue weighted by atomic mass is 9.94.